The molecule has 1 aromatic rings. The van der Waals surface area contributed by atoms with Gasteiger partial charge in [-0.25, -0.2) is 0 Å². The number of rotatable bonds is 6. The topological polar surface area (TPSA) is 84.2 Å². The highest BCUT2D eigenvalue weighted by Crippen LogP contribution is 2.07. The predicted octanol–water partition coefficient (Wildman–Crippen LogP) is 2.02. The summed E-state index contributed by atoms with van der Waals surface area (Å²) in [5.41, 5.74) is 7.00. The molecule has 0 spiro atoms. The molecule has 0 saturated carbocycles. The molecule has 23 heavy (non-hydrogen) atoms. The van der Waals surface area contributed by atoms with Crippen LogP contribution in [0.15, 0.2) is 24.3 Å². The van der Waals surface area contributed by atoms with Crippen LogP contribution in [0.5, 0.6) is 0 Å². The summed E-state index contributed by atoms with van der Waals surface area (Å²) in [6.07, 6.45) is 0. The summed E-state index contributed by atoms with van der Waals surface area (Å²) in [5, 5.41) is 5.59. The second-order valence-corrected chi connectivity index (χ2v) is 6.77. The maximum atomic E-state index is 12.3. The van der Waals surface area contributed by atoms with Crippen molar-refractivity contribution in [3.8, 4) is 0 Å². The molecular weight excluding hydrogens is 314 g/mol. The van der Waals surface area contributed by atoms with Crippen molar-refractivity contribution in [1.82, 2.24) is 10.6 Å². The Morgan fingerprint density at radius 2 is 1.70 bits per heavy atom. The average molecular weight is 342 g/mol. The van der Waals surface area contributed by atoms with Crippen LogP contribution in [0.25, 0.3) is 0 Å². The van der Waals surface area contributed by atoms with E-state index in [1.165, 1.54) is 0 Å². The van der Waals surface area contributed by atoms with Crippen LogP contribution < -0.4 is 16.4 Å². The van der Waals surface area contributed by atoms with E-state index < -0.39 is 11.6 Å². The van der Waals surface area contributed by atoms with E-state index in [0.717, 1.165) is 5.56 Å². The summed E-state index contributed by atoms with van der Waals surface area (Å²) in [6.45, 7) is 9.78. The van der Waals surface area contributed by atoms with Gasteiger partial charge in [-0.3, -0.25) is 9.59 Å². The first-order valence-corrected chi connectivity index (χ1v) is 7.54. The van der Waals surface area contributed by atoms with Gasteiger partial charge < -0.3 is 16.4 Å². The molecule has 0 fully saturated rings. The molecule has 6 heteroatoms. The summed E-state index contributed by atoms with van der Waals surface area (Å²) in [7, 11) is 0. The zero-order chi connectivity index (χ0) is 16.9. The standard InChI is InChI=1S/C17H27N3O2.ClH/c1-11(2)14(16(22)19-10-17(4,5)18)20-15(21)13-8-6-12(3)7-9-13;/h6-9,11,14H,10,18H2,1-5H3,(H,19,22)(H,20,21);1H. The Balaban J connectivity index is 0.00000484. The van der Waals surface area contributed by atoms with Gasteiger partial charge in [0.15, 0.2) is 0 Å². The van der Waals surface area contributed by atoms with Crippen LogP contribution in [0.3, 0.4) is 0 Å². The fraction of sp³-hybridized carbons (Fsp3) is 0.529. The highest BCUT2D eigenvalue weighted by molar-refractivity contribution is 5.97. The lowest BCUT2D eigenvalue weighted by Crippen LogP contribution is -2.53. The van der Waals surface area contributed by atoms with Crippen LogP contribution in [0, 0.1) is 12.8 Å². The Morgan fingerprint density at radius 1 is 1.17 bits per heavy atom. The molecule has 0 aliphatic carbocycles. The molecule has 2 amide bonds. The van der Waals surface area contributed by atoms with Gasteiger partial charge in [0.05, 0.1) is 0 Å². The number of carbonyl (C=O) groups is 2. The van der Waals surface area contributed by atoms with Crippen molar-refractivity contribution < 1.29 is 9.59 Å². The van der Waals surface area contributed by atoms with Crippen molar-refractivity contribution in [1.29, 1.82) is 0 Å². The van der Waals surface area contributed by atoms with Crippen molar-refractivity contribution in [3.05, 3.63) is 35.4 Å². The number of amides is 2. The molecule has 0 aliphatic rings. The maximum Gasteiger partial charge on any atom is 0.251 e. The number of halogens is 1. The van der Waals surface area contributed by atoms with Crippen molar-refractivity contribution in [2.45, 2.75) is 46.2 Å². The van der Waals surface area contributed by atoms with Crippen molar-refractivity contribution in [3.63, 3.8) is 0 Å². The number of nitrogens with two attached hydrogens (primary N) is 1. The Morgan fingerprint density at radius 3 is 2.13 bits per heavy atom. The zero-order valence-corrected chi connectivity index (χ0v) is 15.3. The van der Waals surface area contributed by atoms with Gasteiger partial charge in [0, 0.05) is 17.6 Å². The lowest BCUT2D eigenvalue weighted by Gasteiger charge is -2.25. The molecule has 0 aromatic heterocycles. The van der Waals surface area contributed by atoms with Crippen LogP contribution in [-0.4, -0.2) is 29.9 Å². The van der Waals surface area contributed by atoms with Gasteiger partial charge in [-0.1, -0.05) is 31.5 Å². The molecule has 1 aromatic carbocycles. The minimum atomic E-state index is -0.587. The number of carbonyl (C=O) groups excluding carboxylic acids is 2. The molecule has 4 N–H and O–H groups in total. The third-order valence-corrected chi connectivity index (χ3v) is 3.27. The average Bonchev–Trinajstić information content (AvgIpc) is 2.41. The summed E-state index contributed by atoms with van der Waals surface area (Å²) in [4.78, 5) is 24.5. The lowest BCUT2D eigenvalue weighted by atomic mass is 10.0. The second kappa shape index (κ2) is 8.89. The Labute approximate surface area is 144 Å². The van der Waals surface area contributed by atoms with E-state index in [4.69, 9.17) is 5.73 Å². The normalized spacial score (nSPS) is 12.3. The molecule has 0 saturated heterocycles. The second-order valence-electron chi connectivity index (χ2n) is 6.77. The lowest BCUT2D eigenvalue weighted by molar-refractivity contribution is -0.124. The molecule has 0 radical (unpaired) electrons. The van der Waals surface area contributed by atoms with Crippen molar-refractivity contribution >= 4 is 24.2 Å². The van der Waals surface area contributed by atoms with E-state index in [1.807, 2.05) is 46.8 Å². The third-order valence-electron chi connectivity index (χ3n) is 3.27. The minimum absolute atomic E-state index is 0. The first-order valence-electron chi connectivity index (χ1n) is 7.54. The summed E-state index contributed by atoms with van der Waals surface area (Å²) in [6, 6.07) is 6.66. The summed E-state index contributed by atoms with van der Waals surface area (Å²) >= 11 is 0. The Kier molecular flexibility index (Phi) is 8.28. The van der Waals surface area contributed by atoms with E-state index in [2.05, 4.69) is 10.6 Å². The number of hydrogen-bond donors (Lipinski definition) is 3. The minimum Gasteiger partial charge on any atom is -0.352 e. The van der Waals surface area contributed by atoms with Gasteiger partial charge in [0.25, 0.3) is 5.91 Å². The largest absolute Gasteiger partial charge is 0.352 e. The van der Waals surface area contributed by atoms with Crippen LogP contribution in [0.1, 0.15) is 43.6 Å². The molecule has 0 heterocycles. The zero-order valence-electron chi connectivity index (χ0n) is 14.5. The first-order chi connectivity index (χ1) is 10.1. The van der Waals surface area contributed by atoms with Crippen molar-refractivity contribution in [2.24, 2.45) is 11.7 Å². The van der Waals surface area contributed by atoms with Gasteiger partial charge >= 0.3 is 0 Å². The number of aryl methyl sites for hydroxylation is 1. The summed E-state index contributed by atoms with van der Waals surface area (Å²) in [5.74, 6) is -0.481. The number of hydrogen-bond acceptors (Lipinski definition) is 3. The molecule has 0 aliphatic heterocycles. The monoisotopic (exact) mass is 341 g/mol. The fourth-order valence-corrected chi connectivity index (χ4v) is 1.89. The van der Waals surface area contributed by atoms with Gasteiger partial charge in [-0.15, -0.1) is 12.4 Å². The highest BCUT2D eigenvalue weighted by Gasteiger charge is 2.25. The number of benzene rings is 1. The van der Waals surface area contributed by atoms with Crippen LogP contribution >= 0.6 is 12.4 Å². The Bertz CT molecular complexity index is 522. The van der Waals surface area contributed by atoms with E-state index >= 15 is 0 Å². The molecule has 0 bridgehead atoms. The van der Waals surface area contributed by atoms with E-state index in [0.29, 0.717) is 12.1 Å². The molecule has 1 unspecified atom stereocenters. The maximum absolute atomic E-state index is 12.3. The van der Waals surface area contributed by atoms with Crippen molar-refractivity contribution in [2.75, 3.05) is 6.54 Å². The van der Waals surface area contributed by atoms with Crippen LogP contribution in [0.2, 0.25) is 0 Å². The van der Waals surface area contributed by atoms with Gasteiger partial charge in [0.1, 0.15) is 6.04 Å². The first kappa shape index (κ1) is 21.4. The fourth-order valence-electron chi connectivity index (χ4n) is 1.89. The van der Waals surface area contributed by atoms with Crippen LogP contribution in [-0.2, 0) is 4.79 Å². The molecule has 1 atom stereocenters. The van der Waals surface area contributed by atoms with Gasteiger partial charge in [0.2, 0.25) is 5.91 Å². The number of nitrogens with one attached hydrogen (secondary N) is 2. The van der Waals surface area contributed by atoms with E-state index in [-0.39, 0.29) is 30.1 Å². The van der Waals surface area contributed by atoms with E-state index in [9.17, 15) is 9.59 Å². The third kappa shape index (κ3) is 7.48. The quantitative estimate of drug-likeness (QED) is 0.740. The molecule has 1 rings (SSSR count). The molecule has 130 valence electrons. The summed E-state index contributed by atoms with van der Waals surface area (Å²) < 4.78 is 0. The van der Waals surface area contributed by atoms with Gasteiger partial charge in [-0.2, -0.15) is 0 Å². The smallest absolute Gasteiger partial charge is 0.251 e. The van der Waals surface area contributed by atoms with E-state index in [1.54, 1.807) is 12.1 Å². The highest BCUT2D eigenvalue weighted by atomic mass is 35.5. The molecule has 5 nitrogen and oxygen atoms in total. The van der Waals surface area contributed by atoms with Crippen LogP contribution in [0.4, 0.5) is 0 Å². The Hall–Kier alpha value is -1.59. The molecular formula is C17H28ClN3O2. The predicted molar refractivity (Wildman–Crippen MR) is 95.8 cm³/mol. The van der Waals surface area contributed by atoms with Gasteiger partial charge in [-0.05, 0) is 38.8 Å². The SMILES string of the molecule is Cc1ccc(C(=O)NC(C(=O)NCC(C)(C)N)C(C)C)cc1.Cl.